The SMILES string of the molecule is O=C(C=Cc1cn(-c2ccccc2)nc1-c1ccc(F)cc1)NCc1cccnc1. The Hall–Kier alpha value is -4.06. The first-order valence-corrected chi connectivity index (χ1v) is 9.45. The average Bonchev–Trinajstić information content (AvgIpc) is 3.22. The third kappa shape index (κ3) is 4.67. The van der Waals surface area contributed by atoms with E-state index in [4.69, 9.17) is 0 Å². The topological polar surface area (TPSA) is 59.8 Å². The van der Waals surface area contributed by atoms with E-state index in [0.717, 1.165) is 22.4 Å². The van der Waals surface area contributed by atoms with Gasteiger partial charge in [-0.05, 0) is 54.1 Å². The van der Waals surface area contributed by atoms with Gasteiger partial charge in [0.2, 0.25) is 5.91 Å². The van der Waals surface area contributed by atoms with Gasteiger partial charge < -0.3 is 5.32 Å². The molecular formula is C24H19FN4O. The maximum absolute atomic E-state index is 13.4. The van der Waals surface area contributed by atoms with E-state index in [2.05, 4.69) is 15.4 Å². The Morgan fingerprint density at radius 3 is 2.57 bits per heavy atom. The average molecular weight is 398 g/mol. The van der Waals surface area contributed by atoms with Crippen LogP contribution in [0.15, 0.2) is 91.4 Å². The highest BCUT2D eigenvalue weighted by atomic mass is 19.1. The maximum Gasteiger partial charge on any atom is 0.244 e. The summed E-state index contributed by atoms with van der Waals surface area (Å²) in [7, 11) is 0. The maximum atomic E-state index is 13.4. The number of carbonyl (C=O) groups is 1. The molecule has 5 nitrogen and oxygen atoms in total. The summed E-state index contributed by atoms with van der Waals surface area (Å²) in [6, 6.07) is 19.5. The predicted octanol–water partition coefficient (Wildman–Crippen LogP) is 4.40. The van der Waals surface area contributed by atoms with Crippen LogP contribution in [0, 0.1) is 5.82 Å². The van der Waals surface area contributed by atoms with Crippen molar-refractivity contribution in [1.82, 2.24) is 20.1 Å². The second kappa shape index (κ2) is 8.96. The van der Waals surface area contributed by atoms with E-state index >= 15 is 0 Å². The molecule has 0 aliphatic heterocycles. The van der Waals surface area contributed by atoms with E-state index < -0.39 is 0 Å². The van der Waals surface area contributed by atoms with E-state index in [1.165, 1.54) is 18.2 Å². The molecule has 1 N–H and O–H groups in total. The van der Waals surface area contributed by atoms with Gasteiger partial charge in [0.1, 0.15) is 5.82 Å². The minimum atomic E-state index is -0.312. The van der Waals surface area contributed by atoms with Crippen LogP contribution in [0.5, 0.6) is 0 Å². The van der Waals surface area contributed by atoms with Gasteiger partial charge in [-0.2, -0.15) is 5.10 Å². The highest BCUT2D eigenvalue weighted by molar-refractivity contribution is 5.92. The van der Waals surface area contributed by atoms with Gasteiger partial charge in [0, 0.05) is 42.3 Å². The van der Waals surface area contributed by atoms with Crippen LogP contribution in [0.2, 0.25) is 0 Å². The van der Waals surface area contributed by atoms with Gasteiger partial charge in [-0.1, -0.05) is 24.3 Å². The molecule has 0 aliphatic rings. The molecule has 4 rings (SSSR count). The van der Waals surface area contributed by atoms with Gasteiger partial charge in [0.25, 0.3) is 0 Å². The molecule has 0 unspecified atom stereocenters. The van der Waals surface area contributed by atoms with Crippen LogP contribution in [0.3, 0.4) is 0 Å². The molecule has 2 aromatic heterocycles. The first kappa shape index (κ1) is 19.3. The molecule has 0 saturated heterocycles. The Morgan fingerprint density at radius 2 is 1.83 bits per heavy atom. The molecule has 1 amide bonds. The Kier molecular flexibility index (Phi) is 5.75. The number of aromatic nitrogens is 3. The second-order valence-electron chi connectivity index (χ2n) is 6.63. The van der Waals surface area contributed by atoms with Crippen molar-refractivity contribution in [2.24, 2.45) is 0 Å². The minimum absolute atomic E-state index is 0.226. The summed E-state index contributed by atoms with van der Waals surface area (Å²) < 4.78 is 15.1. The number of hydrogen-bond acceptors (Lipinski definition) is 3. The van der Waals surface area contributed by atoms with Crippen LogP contribution in [0.1, 0.15) is 11.1 Å². The lowest BCUT2D eigenvalue weighted by Crippen LogP contribution is -2.20. The summed E-state index contributed by atoms with van der Waals surface area (Å²) in [5.41, 5.74) is 3.99. The molecule has 0 aliphatic carbocycles. The van der Waals surface area contributed by atoms with Crippen LogP contribution in [-0.2, 0) is 11.3 Å². The van der Waals surface area contributed by atoms with Crippen molar-refractivity contribution in [3.63, 3.8) is 0 Å². The number of benzene rings is 2. The van der Waals surface area contributed by atoms with Gasteiger partial charge in [-0.25, -0.2) is 9.07 Å². The summed E-state index contributed by atoms with van der Waals surface area (Å²) in [6.07, 6.45) is 8.42. The lowest BCUT2D eigenvalue weighted by atomic mass is 10.1. The van der Waals surface area contributed by atoms with Crippen molar-refractivity contribution in [2.75, 3.05) is 0 Å². The zero-order chi connectivity index (χ0) is 20.8. The fourth-order valence-corrected chi connectivity index (χ4v) is 2.97. The number of amides is 1. The van der Waals surface area contributed by atoms with Crippen molar-refractivity contribution >= 4 is 12.0 Å². The predicted molar refractivity (Wildman–Crippen MR) is 114 cm³/mol. The van der Waals surface area contributed by atoms with E-state index in [1.54, 1.807) is 35.3 Å². The molecule has 2 heterocycles. The number of nitrogens with zero attached hydrogens (tertiary/aromatic N) is 3. The van der Waals surface area contributed by atoms with Crippen molar-refractivity contribution < 1.29 is 9.18 Å². The first-order chi connectivity index (χ1) is 14.7. The first-order valence-electron chi connectivity index (χ1n) is 9.45. The van der Waals surface area contributed by atoms with Crippen LogP contribution in [0.25, 0.3) is 23.0 Å². The lowest BCUT2D eigenvalue weighted by molar-refractivity contribution is -0.116. The summed E-state index contributed by atoms with van der Waals surface area (Å²) in [6.45, 7) is 0.394. The molecule has 0 spiro atoms. The molecule has 0 atom stereocenters. The molecule has 4 aromatic rings. The third-order valence-electron chi connectivity index (χ3n) is 4.48. The fraction of sp³-hybridized carbons (Fsp3) is 0.0417. The monoisotopic (exact) mass is 398 g/mol. The van der Waals surface area contributed by atoms with E-state index in [-0.39, 0.29) is 11.7 Å². The lowest BCUT2D eigenvalue weighted by Gasteiger charge is -2.01. The van der Waals surface area contributed by atoms with Gasteiger partial charge in [-0.15, -0.1) is 0 Å². The largest absolute Gasteiger partial charge is 0.348 e. The van der Waals surface area contributed by atoms with Crippen LogP contribution in [-0.4, -0.2) is 20.7 Å². The number of pyridine rings is 1. The molecule has 30 heavy (non-hydrogen) atoms. The Morgan fingerprint density at radius 1 is 1.03 bits per heavy atom. The number of para-hydroxylation sites is 1. The zero-order valence-electron chi connectivity index (χ0n) is 16.1. The van der Waals surface area contributed by atoms with Gasteiger partial charge in [0.15, 0.2) is 0 Å². The van der Waals surface area contributed by atoms with E-state index in [1.807, 2.05) is 48.7 Å². The molecule has 6 heteroatoms. The molecular weight excluding hydrogens is 379 g/mol. The van der Waals surface area contributed by atoms with Crippen molar-refractivity contribution in [3.05, 3.63) is 108 Å². The van der Waals surface area contributed by atoms with Crippen LogP contribution < -0.4 is 5.32 Å². The number of hydrogen-bond donors (Lipinski definition) is 1. The third-order valence-corrected chi connectivity index (χ3v) is 4.48. The quantitative estimate of drug-likeness (QED) is 0.490. The molecule has 148 valence electrons. The standard InChI is InChI=1S/C24H19FN4O/c25-21-11-8-19(9-12-21)24-20(17-29(28-24)22-6-2-1-3-7-22)10-13-23(30)27-16-18-5-4-14-26-15-18/h1-15,17H,16H2,(H,27,30). The van der Waals surface area contributed by atoms with Crippen molar-refractivity contribution in [1.29, 1.82) is 0 Å². The number of carbonyl (C=O) groups excluding carboxylic acids is 1. The molecule has 0 radical (unpaired) electrons. The number of rotatable bonds is 6. The zero-order valence-corrected chi connectivity index (χ0v) is 16.1. The molecule has 0 fully saturated rings. The Bertz CT molecular complexity index is 1150. The summed E-state index contributed by atoms with van der Waals surface area (Å²) in [5.74, 6) is -0.538. The van der Waals surface area contributed by atoms with E-state index in [0.29, 0.717) is 12.2 Å². The summed E-state index contributed by atoms with van der Waals surface area (Å²) in [5, 5.41) is 7.49. The Balaban J connectivity index is 1.59. The summed E-state index contributed by atoms with van der Waals surface area (Å²) in [4.78, 5) is 16.3. The van der Waals surface area contributed by atoms with Gasteiger partial charge >= 0.3 is 0 Å². The summed E-state index contributed by atoms with van der Waals surface area (Å²) >= 11 is 0. The van der Waals surface area contributed by atoms with Crippen molar-refractivity contribution in [2.45, 2.75) is 6.54 Å². The van der Waals surface area contributed by atoms with Crippen LogP contribution >= 0.6 is 0 Å². The van der Waals surface area contributed by atoms with E-state index in [9.17, 15) is 9.18 Å². The number of nitrogens with one attached hydrogen (secondary N) is 1. The Labute approximate surface area is 173 Å². The smallest absolute Gasteiger partial charge is 0.244 e. The number of halogens is 1. The normalized spacial score (nSPS) is 11.0. The molecule has 2 aromatic carbocycles. The highest BCUT2D eigenvalue weighted by Crippen LogP contribution is 2.25. The highest BCUT2D eigenvalue weighted by Gasteiger charge is 2.11. The minimum Gasteiger partial charge on any atom is -0.348 e. The van der Waals surface area contributed by atoms with Gasteiger partial charge in [-0.3, -0.25) is 9.78 Å². The van der Waals surface area contributed by atoms with Crippen LogP contribution in [0.4, 0.5) is 4.39 Å². The second-order valence-corrected chi connectivity index (χ2v) is 6.63. The fourth-order valence-electron chi connectivity index (χ4n) is 2.97. The molecule has 0 saturated carbocycles. The van der Waals surface area contributed by atoms with Gasteiger partial charge in [0.05, 0.1) is 11.4 Å². The molecule has 0 bridgehead atoms. The van der Waals surface area contributed by atoms with Crippen molar-refractivity contribution in [3.8, 4) is 16.9 Å².